The number of anilines is 2. The minimum Gasteiger partial charge on any atom is -0.492 e. The van der Waals surface area contributed by atoms with E-state index in [-0.39, 0.29) is 35.7 Å². The molecular weight excluding hydrogens is 370 g/mol. The highest BCUT2D eigenvalue weighted by molar-refractivity contribution is 6.02. The molecule has 8 heteroatoms. The molecule has 28 heavy (non-hydrogen) atoms. The predicted octanol–water partition coefficient (Wildman–Crippen LogP) is 3.26. The van der Waals surface area contributed by atoms with Crippen LogP contribution in [0.4, 0.5) is 20.2 Å². The molecule has 0 aliphatic carbocycles. The van der Waals surface area contributed by atoms with Crippen LogP contribution in [0.3, 0.4) is 0 Å². The van der Waals surface area contributed by atoms with Crippen LogP contribution in [0.1, 0.15) is 36.2 Å². The van der Waals surface area contributed by atoms with Crippen LogP contribution in [0.2, 0.25) is 0 Å². The summed E-state index contributed by atoms with van der Waals surface area (Å²) in [5.74, 6) is -2.32. The second kappa shape index (κ2) is 11.2. The van der Waals surface area contributed by atoms with Gasteiger partial charge in [0.05, 0.1) is 30.7 Å². The fourth-order valence-corrected chi connectivity index (χ4v) is 2.31. The third-order valence-electron chi connectivity index (χ3n) is 3.63. The molecule has 0 bridgehead atoms. The van der Waals surface area contributed by atoms with Crippen LogP contribution in [-0.2, 0) is 0 Å². The molecule has 2 aromatic carbocycles. The number of hydrogen-bond acceptors (Lipinski definition) is 5. The molecule has 2 aromatic rings. The average Bonchev–Trinajstić information content (AvgIpc) is 2.65. The monoisotopic (exact) mass is 396 g/mol. The molecule has 6 nitrogen and oxygen atoms in total. The van der Waals surface area contributed by atoms with Crippen molar-refractivity contribution >= 4 is 17.3 Å². The molecule has 0 spiro atoms. The second-order valence-corrected chi connectivity index (χ2v) is 5.77. The molecule has 0 fully saturated rings. The number of aliphatic hydroxyl groups is 2. The van der Waals surface area contributed by atoms with E-state index in [1.807, 2.05) is 13.8 Å². The number of nitrogens with one attached hydrogen (secondary N) is 1. The second-order valence-electron chi connectivity index (χ2n) is 5.77. The van der Waals surface area contributed by atoms with Gasteiger partial charge in [0, 0.05) is 12.5 Å². The molecule has 1 unspecified atom stereocenters. The van der Waals surface area contributed by atoms with Crippen molar-refractivity contribution in [1.29, 1.82) is 0 Å². The van der Waals surface area contributed by atoms with Crippen LogP contribution < -0.4 is 15.8 Å². The van der Waals surface area contributed by atoms with Crippen LogP contribution in [0.15, 0.2) is 30.3 Å². The topological polar surface area (TPSA) is 105 Å². The number of amides is 1. The Labute approximate surface area is 162 Å². The lowest BCUT2D eigenvalue weighted by Crippen LogP contribution is -2.19. The summed E-state index contributed by atoms with van der Waals surface area (Å²) < 4.78 is 33.3. The molecule has 0 aliphatic heterocycles. The quantitative estimate of drug-likeness (QED) is 0.548. The lowest BCUT2D eigenvalue weighted by atomic mass is 10.1. The Hall–Kier alpha value is -2.71. The zero-order valence-electron chi connectivity index (χ0n) is 16.1. The molecule has 0 saturated heterocycles. The van der Waals surface area contributed by atoms with E-state index in [1.165, 1.54) is 12.1 Å². The number of benzene rings is 2. The maximum Gasteiger partial charge on any atom is 0.254 e. The summed E-state index contributed by atoms with van der Waals surface area (Å²) in [6.45, 7) is 5.19. The maximum absolute atomic E-state index is 14.0. The van der Waals surface area contributed by atoms with Gasteiger partial charge in [0.15, 0.2) is 0 Å². The molecule has 1 atom stereocenters. The van der Waals surface area contributed by atoms with E-state index in [9.17, 15) is 18.7 Å². The van der Waals surface area contributed by atoms with Crippen molar-refractivity contribution in [2.24, 2.45) is 5.73 Å². The number of carbonyl (C=O) groups excluding carboxylic acids is 1. The molecule has 154 valence electrons. The highest BCUT2D eigenvalue weighted by atomic mass is 19.1. The number of hydrogen-bond donors (Lipinski definition) is 4. The van der Waals surface area contributed by atoms with Crippen molar-refractivity contribution in [2.45, 2.75) is 33.3 Å². The highest BCUT2D eigenvalue weighted by Crippen LogP contribution is 2.31. The zero-order chi connectivity index (χ0) is 21.3. The number of carbonyl (C=O) groups is 1. The summed E-state index contributed by atoms with van der Waals surface area (Å²) >= 11 is 0. The average molecular weight is 396 g/mol. The molecule has 0 radical (unpaired) electrons. The number of aryl methyl sites for hydroxylation is 1. The van der Waals surface area contributed by atoms with E-state index in [0.29, 0.717) is 5.56 Å². The van der Waals surface area contributed by atoms with Gasteiger partial charge in [0.25, 0.3) is 5.91 Å². The van der Waals surface area contributed by atoms with Crippen molar-refractivity contribution in [3.05, 3.63) is 53.1 Å². The molecule has 5 N–H and O–H groups in total. The van der Waals surface area contributed by atoms with Crippen LogP contribution in [-0.4, -0.2) is 35.4 Å². The Bertz CT molecular complexity index is 800. The lowest BCUT2D eigenvalue weighted by molar-refractivity contribution is 0.0751. The molecule has 0 aromatic heterocycles. The highest BCUT2D eigenvalue weighted by Gasteiger charge is 2.19. The summed E-state index contributed by atoms with van der Waals surface area (Å²) in [7, 11) is 0. The molecule has 0 saturated carbocycles. The number of rotatable bonds is 8. The van der Waals surface area contributed by atoms with Gasteiger partial charge in [0.2, 0.25) is 0 Å². The van der Waals surface area contributed by atoms with E-state index in [0.717, 1.165) is 12.1 Å². The van der Waals surface area contributed by atoms with E-state index in [1.54, 1.807) is 13.0 Å². The standard InChI is InChI=1S/C18H20F2N2O4.C2H6/c1-10-2-3-14(13(20)6-10)22-15-7-11(19)8-16(17(15)18(21)25)26-5-4-12(24)9-23;1-2/h2-3,6-8,12,22-24H,4-5,9H2,1H3,(H2,21,25);1-2H3. The van der Waals surface area contributed by atoms with Crippen LogP contribution in [0.25, 0.3) is 0 Å². The number of primary amides is 1. The molecule has 0 heterocycles. The van der Waals surface area contributed by atoms with E-state index >= 15 is 0 Å². The Morgan fingerprint density at radius 2 is 1.89 bits per heavy atom. The van der Waals surface area contributed by atoms with E-state index < -0.39 is 30.3 Å². The summed E-state index contributed by atoms with van der Waals surface area (Å²) in [5, 5.41) is 20.8. The van der Waals surface area contributed by atoms with Crippen LogP contribution in [0.5, 0.6) is 5.75 Å². The largest absolute Gasteiger partial charge is 0.492 e. The van der Waals surface area contributed by atoms with E-state index in [4.69, 9.17) is 15.6 Å². The van der Waals surface area contributed by atoms with Gasteiger partial charge >= 0.3 is 0 Å². The van der Waals surface area contributed by atoms with Gasteiger partial charge in [-0.05, 0) is 30.7 Å². The van der Waals surface area contributed by atoms with Crippen molar-refractivity contribution < 1.29 is 28.5 Å². The van der Waals surface area contributed by atoms with Gasteiger partial charge in [-0.15, -0.1) is 0 Å². The Morgan fingerprint density at radius 3 is 2.46 bits per heavy atom. The van der Waals surface area contributed by atoms with Crippen molar-refractivity contribution in [1.82, 2.24) is 0 Å². The number of halogens is 2. The lowest BCUT2D eigenvalue weighted by Gasteiger charge is -2.16. The van der Waals surface area contributed by atoms with Crippen LogP contribution in [0, 0.1) is 18.6 Å². The summed E-state index contributed by atoms with van der Waals surface area (Å²) in [5.41, 5.74) is 5.93. The molecular formula is C20H26F2N2O4. The molecule has 1 amide bonds. The van der Waals surface area contributed by atoms with Gasteiger partial charge in [-0.3, -0.25) is 4.79 Å². The van der Waals surface area contributed by atoms with Gasteiger partial charge in [-0.25, -0.2) is 8.78 Å². The first kappa shape index (κ1) is 23.3. The SMILES string of the molecule is CC.Cc1ccc(Nc2cc(F)cc(OCCC(O)CO)c2C(N)=O)c(F)c1. The van der Waals surface area contributed by atoms with Gasteiger partial charge in [-0.2, -0.15) is 0 Å². The smallest absolute Gasteiger partial charge is 0.254 e. The molecule has 2 rings (SSSR count). The molecule has 0 aliphatic rings. The van der Waals surface area contributed by atoms with E-state index in [2.05, 4.69) is 5.32 Å². The summed E-state index contributed by atoms with van der Waals surface area (Å²) in [6.07, 6.45) is -0.930. The fourth-order valence-electron chi connectivity index (χ4n) is 2.31. The van der Waals surface area contributed by atoms with Crippen molar-refractivity contribution in [3.8, 4) is 5.75 Å². The van der Waals surface area contributed by atoms with Crippen molar-refractivity contribution in [3.63, 3.8) is 0 Å². The van der Waals surface area contributed by atoms with Gasteiger partial charge in [0.1, 0.15) is 22.9 Å². The van der Waals surface area contributed by atoms with Gasteiger partial charge < -0.3 is 26.0 Å². The maximum atomic E-state index is 14.0. The minimum absolute atomic E-state index is 0.0436. The Balaban J connectivity index is 0.00000190. The minimum atomic E-state index is -1.00. The normalized spacial score (nSPS) is 11.2. The zero-order valence-corrected chi connectivity index (χ0v) is 16.1. The first-order valence-corrected chi connectivity index (χ1v) is 8.90. The number of nitrogens with two attached hydrogens (primary N) is 1. The predicted molar refractivity (Wildman–Crippen MR) is 104 cm³/mol. The third kappa shape index (κ3) is 6.47. The number of aliphatic hydroxyl groups excluding tert-OH is 2. The summed E-state index contributed by atoms with van der Waals surface area (Å²) in [6, 6.07) is 6.39. The Kier molecular flexibility index (Phi) is 9.34. The van der Waals surface area contributed by atoms with Gasteiger partial charge in [-0.1, -0.05) is 19.9 Å². The van der Waals surface area contributed by atoms with Crippen LogP contribution >= 0.6 is 0 Å². The number of ether oxygens (including phenoxy) is 1. The fraction of sp³-hybridized carbons (Fsp3) is 0.350. The first-order chi connectivity index (χ1) is 13.3. The third-order valence-corrected chi connectivity index (χ3v) is 3.63. The van der Waals surface area contributed by atoms with Crippen molar-refractivity contribution in [2.75, 3.05) is 18.5 Å². The first-order valence-electron chi connectivity index (χ1n) is 8.90. The summed E-state index contributed by atoms with van der Waals surface area (Å²) in [4.78, 5) is 11.8. The Morgan fingerprint density at radius 1 is 1.21 bits per heavy atom.